The van der Waals surface area contributed by atoms with Crippen molar-refractivity contribution in [1.82, 2.24) is 0 Å². The second kappa shape index (κ2) is 12.2. The molecule has 6 aromatic carbocycles. The van der Waals surface area contributed by atoms with Crippen molar-refractivity contribution >= 4 is 54.8 Å². The SMILES string of the molecule is CC1(C)C2=C(CCC(c3c4cc(N5CCCCC5)ccc4c(-c4ccc5ccccc5c4)c4cc(N5CCCCC5)ccc34)=C2)c2ccccc21. The van der Waals surface area contributed by atoms with Crippen LogP contribution >= 0.6 is 0 Å². The molecule has 10 rings (SSSR count). The Morgan fingerprint density at radius 1 is 0.510 bits per heavy atom. The molecule has 2 nitrogen and oxygen atoms in total. The van der Waals surface area contributed by atoms with Crippen LogP contribution in [0.25, 0.3) is 54.6 Å². The summed E-state index contributed by atoms with van der Waals surface area (Å²) >= 11 is 0. The number of nitrogens with zero attached hydrogens (tertiary/aromatic N) is 2. The molecule has 4 aliphatic rings. The second-order valence-electron chi connectivity index (χ2n) is 16.1. The molecule has 0 unspecified atom stereocenters. The maximum Gasteiger partial charge on any atom is 0.0372 e. The first-order chi connectivity index (χ1) is 25.0. The van der Waals surface area contributed by atoms with Gasteiger partial charge in [0.25, 0.3) is 0 Å². The van der Waals surface area contributed by atoms with Gasteiger partial charge in [0.2, 0.25) is 0 Å². The summed E-state index contributed by atoms with van der Waals surface area (Å²) in [5, 5.41) is 8.16. The van der Waals surface area contributed by atoms with Crippen molar-refractivity contribution in [3.8, 4) is 11.1 Å². The maximum atomic E-state index is 2.64. The van der Waals surface area contributed by atoms with E-state index in [1.807, 2.05) is 0 Å². The van der Waals surface area contributed by atoms with Crippen molar-refractivity contribution in [3.63, 3.8) is 0 Å². The van der Waals surface area contributed by atoms with Gasteiger partial charge in [-0.25, -0.2) is 0 Å². The van der Waals surface area contributed by atoms with Gasteiger partial charge in [0.1, 0.15) is 0 Å². The van der Waals surface area contributed by atoms with E-state index in [1.165, 1.54) is 121 Å². The first-order valence-corrected chi connectivity index (χ1v) is 19.6. The maximum absolute atomic E-state index is 2.64. The van der Waals surface area contributed by atoms with Crippen LogP contribution in [0.15, 0.2) is 115 Å². The fraction of sp³-hybridized carbons (Fsp3) is 0.306. The van der Waals surface area contributed by atoms with Gasteiger partial charge >= 0.3 is 0 Å². The first-order valence-electron chi connectivity index (χ1n) is 19.6. The molecular weight excluding hydrogens is 617 g/mol. The minimum Gasteiger partial charge on any atom is -0.372 e. The smallest absolute Gasteiger partial charge is 0.0372 e. The molecule has 0 amide bonds. The molecule has 0 aromatic heterocycles. The number of allylic oxidation sites excluding steroid dienone is 4. The van der Waals surface area contributed by atoms with E-state index in [1.54, 1.807) is 5.57 Å². The van der Waals surface area contributed by atoms with Crippen molar-refractivity contribution in [1.29, 1.82) is 0 Å². The zero-order valence-electron chi connectivity index (χ0n) is 30.3. The van der Waals surface area contributed by atoms with Gasteiger partial charge in [0.05, 0.1) is 0 Å². The van der Waals surface area contributed by atoms with Crippen LogP contribution in [-0.4, -0.2) is 26.2 Å². The molecule has 0 N–H and O–H groups in total. The molecule has 0 spiro atoms. The third-order valence-electron chi connectivity index (χ3n) is 12.8. The lowest BCUT2D eigenvalue weighted by Crippen LogP contribution is -2.29. The second-order valence-corrected chi connectivity index (χ2v) is 16.1. The van der Waals surface area contributed by atoms with E-state index in [9.17, 15) is 0 Å². The normalized spacial score (nSPS) is 18.7. The van der Waals surface area contributed by atoms with Crippen LogP contribution in [0.1, 0.15) is 81.9 Å². The number of fused-ring (bicyclic) bond motifs is 5. The van der Waals surface area contributed by atoms with Crippen LogP contribution in [-0.2, 0) is 5.41 Å². The number of hydrogen-bond donors (Lipinski definition) is 0. The molecule has 0 saturated carbocycles. The van der Waals surface area contributed by atoms with Gasteiger partial charge in [-0.2, -0.15) is 0 Å². The van der Waals surface area contributed by atoms with E-state index in [-0.39, 0.29) is 5.41 Å². The molecule has 2 aliphatic heterocycles. The van der Waals surface area contributed by atoms with Crippen molar-refractivity contribution in [2.24, 2.45) is 0 Å². The Morgan fingerprint density at radius 3 is 1.82 bits per heavy atom. The number of rotatable bonds is 4. The highest BCUT2D eigenvalue weighted by Crippen LogP contribution is 2.54. The van der Waals surface area contributed by atoms with E-state index < -0.39 is 0 Å². The largest absolute Gasteiger partial charge is 0.372 e. The van der Waals surface area contributed by atoms with Crippen LogP contribution < -0.4 is 9.80 Å². The number of anilines is 2. The van der Waals surface area contributed by atoms with Crippen molar-refractivity contribution in [2.75, 3.05) is 36.0 Å². The minimum atomic E-state index is -0.00532. The van der Waals surface area contributed by atoms with Crippen molar-refractivity contribution in [2.45, 2.75) is 70.6 Å². The van der Waals surface area contributed by atoms with Crippen LogP contribution in [0.4, 0.5) is 11.4 Å². The molecule has 51 heavy (non-hydrogen) atoms. The molecule has 2 heteroatoms. The molecule has 2 fully saturated rings. The summed E-state index contributed by atoms with van der Waals surface area (Å²) in [4.78, 5) is 5.27. The predicted octanol–water partition coefficient (Wildman–Crippen LogP) is 12.7. The lowest BCUT2D eigenvalue weighted by Gasteiger charge is -2.31. The Kier molecular flexibility index (Phi) is 7.38. The standard InChI is InChI=1S/C49H48N2/c1-49(2)45-16-8-7-15-39(45)40-22-19-36(30-46(40)49)48-42-24-21-37(50-25-9-3-10-26-50)31-43(42)47(35-18-17-33-13-5-6-14-34(33)29-35)41-23-20-38(32-44(41)48)51-27-11-4-12-28-51/h5-8,13-18,20-21,23-24,29-32H,3-4,9-12,19,22,25-28H2,1-2H3. The Morgan fingerprint density at radius 2 is 1.12 bits per heavy atom. The number of benzene rings is 6. The van der Waals surface area contributed by atoms with Crippen LogP contribution in [0.3, 0.4) is 0 Å². The summed E-state index contributed by atoms with van der Waals surface area (Å²) in [6, 6.07) is 40.1. The molecule has 2 saturated heterocycles. The third-order valence-corrected chi connectivity index (χ3v) is 12.8. The van der Waals surface area contributed by atoms with Gasteiger partial charge < -0.3 is 9.80 Å². The molecule has 254 valence electrons. The molecule has 2 aliphatic carbocycles. The molecule has 0 radical (unpaired) electrons. The lowest BCUT2D eigenvalue weighted by molar-refractivity contribution is 0.578. The summed E-state index contributed by atoms with van der Waals surface area (Å²) in [6.45, 7) is 9.47. The average molecular weight is 665 g/mol. The predicted molar refractivity (Wildman–Crippen MR) is 220 cm³/mol. The summed E-state index contributed by atoms with van der Waals surface area (Å²) in [5.74, 6) is 0. The van der Waals surface area contributed by atoms with E-state index in [0.29, 0.717) is 0 Å². The lowest BCUT2D eigenvalue weighted by atomic mass is 9.76. The molecule has 0 bridgehead atoms. The van der Waals surface area contributed by atoms with Gasteiger partial charge in [-0.1, -0.05) is 92.7 Å². The Bertz CT molecular complexity index is 2410. The first kappa shape index (κ1) is 31.0. The zero-order valence-corrected chi connectivity index (χ0v) is 30.3. The van der Waals surface area contributed by atoms with Gasteiger partial charge in [0.15, 0.2) is 0 Å². The molecule has 6 aromatic rings. The summed E-state index contributed by atoms with van der Waals surface area (Å²) in [6.07, 6.45) is 12.6. The van der Waals surface area contributed by atoms with Crippen LogP contribution in [0, 0.1) is 0 Å². The summed E-state index contributed by atoms with van der Waals surface area (Å²) in [7, 11) is 0. The Hall–Kier alpha value is -4.82. The Labute approximate surface area is 303 Å². The average Bonchev–Trinajstić information content (AvgIpc) is 3.42. The molecule has 0 atom stereocenters. The van der Waals surface area contributed by atoms with Crippen molar-refractivity contribution < 1.29 is 0 Å². The zero-order chi connectivity index (χ0) is 34.1. The van der Waals surface area contributed by atoms with Crippen LogP contribution in [0.5, 0.6) is 0 Å². The summed E-state index contributed by atoms with van der Waals surface area (Å²) < 4.78 is 0. The van der Waals surface area contributed by atoms with Gasteiger partial charge in [0, 0.05) is 43.0 Å². The third kappa shape index (κ3) is 5.05. The number of hydrogen-bond acceptors (Lipinski definition) is 2. The monoisotopic (exact) mass is 664 g/mol. The van der Waals surface area contributed by atoms with E-state index in [2.05, 4.69) is 133 Å². The van der Waals surface area contributed by atoms with Crippen molar-refractivity contribution in [3.05, 3.63) is 131 Å². The highest BCUT2D eigenvalue weighted by molar-refractivity contribution is 6.20. The molecule has 2 heterocycles. The highest BCUT2D eigenvalue weighted by atomic mass is 15.1. The summed E-state index contributed by atoms with van der Waals surface area (Å²) in [5.41, 5.74) is 14.4. The topological polar surface area (TPSA) is 6.48 Å². The number of piperidine rings is 2. The fourth-order valence-corrected chi connectivity index (χ4v) is 10.1. The highest BCUT2D eigenvalue weighted by Gasteiger charge is 2.38. The van der Waals surface area contributed by atoms with E-state index in [0.717, 1.165) is 39.0 Å². The van der Waals surface area contributed by atoms with E-state index >= 15 is 0 Å². The quantitative estimate of drug-likeness (QED) is 0.173. The van der Waals surface area contributed by atoms with Gasteiger partial charge in [-0.3, -0.25) is 0 Å². The minimum absolute atomic E-state index is 0.00532. The fourth-order valence-electron chi connectivity index (χ4n) is 10.1. The van der Waals surface area contributed by atoms with Crippen LogP contribution in [0.2, 0.25) is 0 Å². The Balaban J connectivity index is 1.27. The van der Waals surface area contributed by atoms with Gasteiger partial charge in [-0.05, 0) is 159 Å². The van der Waals surface area contributed by atoms with E-state index in [4.69, 9.17) is 0 Å². The van der Waals surface area contributed by atoms with Gasteiger partial charge in [-0.15, -0.1) is 0 Å². The molecular formula is C49H48N2.